The molecule has 0 aliphatic rings. The Morgan fingerprint density at radius 1 is 1.12 bits per heavy atom. The lowest BCUT2D eigenvalue weighted by atomic mass is 10.1. The minimum absolute atomic E-state index is 0.227. The molecule has 3 aromatic rings. The van der Waals surface area contributed by atoms with Gasteiger partial charge in [-0.1, -0.05) is 35.5 Å². The summed E-state index contributed by atoms with van der Waals surface area (Å²) < 4.78 is 10.2. The molecule has 25 heavy (non-hydrogen) atoms. The number of nitrogens with zero attached hydrogens (tertiary/aromatic N) is 1. The molecule has 1 atom stereocenters. The molecule has 0 spiro atoms. The quantitative estimate of drug-likeness (QED) is 0.716. The Kier molecular flexibility index (Phi) is 4.99. The number of rotatable bonds is 6. The van der Waals surface area contributed by atoms with Gasteiger partial charge in [0.25, 0.3) is 5.91 Å². The molecule has 0 saturated carbocycles. The third-order valence-corrected chi connectivity index (χ3v) is 3.68. The zero-order valence-electron chi connectivity index (χ0n) is 14.0. The van der Waals surface area contributed by atoms with Gasteiger partial charge in [-0.05, 0) is 36.8 Å². The SMILES string of the molecule is COc1ccc(N[C@@H](C(=O)Nc2cc(C)on2)c2ccccc2)cc1. The molecule has 3 rings (SSSR count). The number of nitrogens with one attached hydrogen (secondary N) is 2. The summed E-state index contributed by atoms with van der Waals surface area (Å²) in [5.74, 6) is 1.55. The topological polar surface area (TPSA) is 76.4 Å². The lowest BCUT2D eigenvalue weighted by molar-refractivity contribution is -0.117. The van der Waals surface area contributed by atoms with Crippen LogP contribution in [0, 0.1) is 6.92 Å². The van der Waals surface area contributed by atoms with Crippen molar-refractivity contribution in [2.24, 2.45) is 0 Å². The van der Waals surface area contributed by atoms with Crippen molar-refractivity contribution >= 4 is 17.4 Å². The molecule has 0 radical (unpaired) electrons. The average molecular weight is 337 g/mol. The van der Waals surface area contributed by atoms with E-state index >= 15 is 0 Å². The maximum atomic E-state index is 12.8. The van der Waals surface area contributed by atoms with Crippen molar-refractivity contribution in [1.82, 2.24) is 5.16 Å². The zero-order chi connectivity index (χ0) is 17.6. The molecular formula is C19H19N3O3. The van der Waals surface area contributed by atoms with E-state index in [1.807, 2.05) is 54.6 Å². The van der Waals surface area contributed by atoms with Gasteiger partial charge in [-0.3, -0.25) is 4.79 Å². The minimum Gasteiger partial charge on any atom is -0.497 e. The fraction of sp³-hybridized carbons (Fsp3) is 0.158. The molecular weight excluding hydrogens is 318 g/mol. The van der Waals surface area contributed by atoms with Crippen molar-refractivity contribution in [2.75, 3.05) is 17.7 Å². The van der Waals surface area contributed by atoms with E-state index < -0.39 is 6.04 Å². The fourth-order valence-corrected chi connectivity index (χ4v) is 2.42. The van der Waals surface area contributed by atoms with E-state index in [1.54, 1.807) is 20.1 Å². The summed E-state index contributed by atoms with van der Waals surface area (Å²) in [6.45, 7) is 1.77. The molecule has 1 amide bonds. The first kappa shape index (κ1) is 16.6. The average Bonchev–Trinajstić information content (AvgIpc) is 3.05. The molecule has 0 unspecified atom stereocenters. The van der Waals surface area contributed by atoms with E-state index in [0.29, 0.717) is 11.6 Å². The van der Waals surface area contributed by atoms with Crippen LogP contribution < -0.4 is 15.4 Å². The second kappa shape index (κ2) is 7.53. The lowest BCUT2D eigenvalue weighted by Crippen LogP contribution is -2.27. The first-order valence-electron chi connectivity index (χ1n) is 7.85. The van der Waals surface area contributed by atoms with Crippen LogP contribution in [0.25, 0.3) is 0 Å². The highest BCUT2D eigenvalue weighted by Gasteiger charge is 2.21. The van der Waals surface area contributed by atoms with Gasteiger partial charge in [-0.2, -0.15) is 0 Å². The Labute approximate surface area is 145 Å². The summed E-state index contributed by atoms with van der Waals surface area (Å²) in [7, 11) is 1.61. The van der Waals surface area contributed by atoms with Crippen LogP contribution in [0.2, 0.25) is 0 Å². The predicted molar refractivity (Wildman–Crippen MR) is 95.7 cm³/mol. The van der Waals surface area contributed by atoms with Crippen LogP contribution in [0.15, 0.2) is 65.2 Å². The Morgan fingerprint density at radius 2 is 1.84 bits per heavy atom. The van der Waals surface area contributed by atoms with Crippen molar-refractivity contribution in [3.05, 3.63) is 72.0 Å². The Bertz CT molecular complexity index is 829. The van der Waals surface area contributed by atoms with Gasteiger partial charge in [0.1, 0.15) is 17.6 Å². The lowest BCUT2D eigenvalue weighted by Gasteiger charge is -2.19. The number of hydrogen-bond acceptors (Lipinski definition) is 5. The maximum absolute atomic E-state index is 12.8. The first-order valence-corrected chi connectivity index (χ1v) is 7.85. The third kappa shape index (κ3) is 4.17. The number of methoxy groups -OCH3 is 1. The number of carbonyl (C=O) groups excluding carboxylic acids is 1. The number of anilines is 2. The molecule has 2 aromatic carbocycles. The number of amides is 1. The summed E-state index contributed by atoms with van der Waals surface area (Å²) in [5, 5.41) is 9.83. The van der Waals surface area contributed by atoms with E-state index in [9.17, 15) is 4.79 Å². The Morgan fingerprint density at radius 3 is 2.44 bits per heavy atom. The molecule has 1 heterocycles. The normalized spacial score (nSPS) is 11.6. The Hall–Kier alpha value is -3.28. The molecule has 6 heteroatoms. The van der Waals surface area contributed by atoms with Gasteiger partial charge in [0, 0.05) is 11.8 Å². The van der Waals surface area contributed by atoms with Gasteiger partial charge in [0.2, 0.25) is 0 Å². The van der Waals surface area contributed by atoms with E-state index in [-0.39, 0.29) is 5.91 Å². The minimum atomic E-state index is -0.577. The van der Waals surface area contributed by atoms with Crippen molar-refractivity contribution in [1.29, 1.82) is 0 Å². The van der Waals surface area contributed by atoms with Gasteiger partial charge < -0.3 is 19.9 Å². The molecule has 6 nitrogen and oxygen atoms in total. The predicted octanol–water partition coefficient (Wildman–Crippen LogP) is 3.78. The molecule has 0 aliphatic heterocycles. The van der Waals surface area contributed by atoms with E-state index in [0.717, 1.165) is 17.0 Å². The number of carbonyl (C=O) groups is 1. The summed E-state index contributed by atoms with van der Waals surface area (Å²) in [6, 6.07) is 18.0. The van der Waals surface area contributed by atoms with E-state index in [4.69, 9.17) is 9.26 Å². The molecule has 0 saturated heterocycles. The van der Waals surface area contributed by atoms with Crippen LogP contribution in [-0.2, 0) is 4.79 Å². The monoisotopic (exact) mass is 337 g/mol. The first-order chi connectivity index (χ1) is 12.2. The standard InChI is InChI=1S/C19H19N3O3/c1-13-12-17(22-25-13)21-19(23)18(14-6-4-3-5-7-14)20-15-8-10-16(24-2)11-9-15/h3-12,18,20H,1-2H3,(H,21,22,23)/t18-/m1/s1. The van der Waals surface area contributed by atoms with Gasteiger partial charge in [-0.25, -0.2) is 0 Å². The summed E-state index contributed by atoms with van der Waals surface area (Å²) >= 11 is 0. The molecule has 2 N–H and O–H groups in total. The fourth-order valence-electron chi connectivity index (χ4n) is 2.42. The Balaban J connectivity index is 1.82. The van der Waals surface area contributed by atoms with E-state index in [1.165, 1.54) is 0 Å². The van der Waals surface area contributed by atoms with Gasteiger partial charge in [0.15, 0.2) is 5.82 Å². The van der Waals surface area contributed by atoms with Gasteiger partial charge >= 0.3 is 0 Å². The highest BCUT2D eigenvalue weighted by Crippen LogP contribution is 2.23. The smallest absolute Gasteiger partial charge is 0.252 e. The van der Waals surface area contributed by atoms with Crippen LogP contribution in [0.5, 0.6) is 5.75 Å². The second-order valence-electron chi connectivity index (χ2n) is 5.53. The van der Waals surface area contributed by atoms with Crippen molar-refractivity contribution in [3.8, 4) is 5.75 Å². The van der Waals surface area contributed by atoms with Crippen LogP contribution in [0.4, 0.5) is 11.5 Å². The van der Waals surface area contributed by atoms with Crippen molar-refractivity contribution < 1.29 is 14.1 Å². The molecule has 0 aliphatic carbocycles. The molecule has 128 valence electrons. The second-order valence-corrected chi connectivity index (χ2v) is 5.53. The number of benzene rings is 2. The molecule has 0 fully saturated rings. The summed E-state index contributed by atoms with van der Waals surface area (Å²) in [4.78, 5) is 12.8. The highest BCUT2D eigenvalue weighted by atomic mass is 16.5. The largest absolute Gasteiger partial charge is 0.497 e. The number of aromatic nitrogens is 1. The molecule has 0 bridgehead atoms. The third-order valence-electron chi connectivity index (χ3n) is 3.68. The number of aryl methyl sites for hydroxylation is 1. The summed E-state index contributed by atoms with van der Waals surface area (Å²) in [6.07, 6.45) is 0. The van der Waals surface area contributed by atoms with Gasteiger partial charge in [0.05, 0.1) is 7.11 Å². The van der Waals surface area contributed by atoms with Gasteiger partial charge in [-0.15, -0.1) is 0 Å². The maximum Gasteiger partial charge on any atom is 0.252 e. The van der Waals surface area contributed by atoms with Crippen molar-refractivity contribution in [2.45, 2.75) is 13.0 Å². The molecule has 1 aromatic heterocycles. The van der Waals surface area contributed by atoms with Crippen LogP contribution in [-0.4, -0.2) is 18.2 Å². The van der Waals surface area contributed by atoms with Crippen molar-refractivity contribution in [3.63, 3.8) is 0 Å². The number of ether oxygens (including phenoxy) is 1. The van der Waals surface area contributed by atoms with Crippen LogP contribution in [0.1, 0.15) is 17.4 Å². The number of hydrogen-bond donors (Lipinski definition) is 2. The highest BCUT2D eigenvalue weighted by molar-refractivity contribution is 5.96. The van der Waals surface area contributed by atoms with E-state index in [2.05, 4.69) is 15.8 Å². The summed E-state index contributed by atoms with van der Waals surface area (Å²) in [5.41, 5.74) is 1.65. The zero-order valence-corrected chi connectivity index (χ0v) is 14.0. The van der Waals surface area contributed by atoms with Crippen LogP contribution >= 0.6 is 0 Å². The van der Waals surface area contributed by atoms with Crippen LogP contribution in [0.3, 0.4) is 0 Å².